The van der Waals surface area contributed by atoms with Crippen molar-refractivity contribution in [1.29, 1.82) is 0 Å². The number of carbonyl (C=O) groups is 1. The van der Waals surface area contributed by atoms with E-state index in [9.17, 15) is 4.79 Å². The predicted molar refractivity (Wildman–Crippen MR) is 79.3 cm³/mol. The number of hydrogen-bond acceptors (Lipinski definition) is 2. The minimum absolute atomic E-state index is 0. The molecule has 0 unspecified atom stereocenters. The van der Waals surface area contributed by atoms with Crippen LogP contribution in [-0.2, 0) is 4.79 Å². The van der Waals surface area contributed by atoms with Gasteiger partial charge < -0.3 is 10.2 Å². The molecule has 0 bridgehead atoms. The van der Waals surface area contributed by atoms with Crippen LogP contribution in [-0.4, -0.2) is 17.7 Å². The van der Waals surface area contributed by atoms with Crippen LogP contribution in [0.5, 0.6) is 0 Å². The Labute approximate surface area is 147 Å². The summed E-state index contributed by atoms with van der Waals surface area (Å²) < 4.78 is 0. The molecule has 0 aliphatic rings. The Kier molecular flexibility index (Phi) is 31.0. The summed E-state index contributed by atoms with van der Waals surface area (Å²) in [6.45, 7) is 3.82. The van der Waals surface area contributed by atoms with E-state index in [0.717, 1.165) is 12.8 Å². The summed E-state index contributed by atoms with van der Waals surface area (Å²) in [6, 6.07) is 0. The zero-order chi connectivity index (χ0) is 14.8. The molecule has 0 atom stereocenters. The van der Waals surface area contributed by atoms with Gasteiger partial charge >= 0.3 is 35.5 Å². The minimum Gasteiger partial charge on any atom is -0.855 e. The standard InChI is InChI=1S/C14H28O2.C2H5O.Na/c1-2-3-4-5-6-7-8-9-10-11-12-13-14(15)16;1-2-3;/h2-13H2,1H3,(H,15,16);2H2,1H3;/q;-1;+1. The van der Waals surface area contributed by atoms with Crippen molar-refractivity contribution in [3.8, 4) is 0 Å². The van der Waals surface area contributed by atoms with Crippen LogP contribution in [0, 0.1) is 0 Å². The first-order chi connectivity index (χ1) is 9.18. The van der Waals surface area contributed by atoms with Gasteiger partial charge in [-0.15, -0.1) is 6.61 Å². The second kappa shape index (κ2) is 24.4. The van der Waals surface area contributed by atoms with E-state index in [2.05, 4.69) is 6.92 Å². The first kappa shape index (κ1) is 25.4. The van der Waals surface area contributed by atoms with E-state index in [1.807, 2.05) is 0 Å². The summed E-state index contributed by atoms with van der Waals surface area (Å²) in [7, 11) is 0. The van der Waals surface area contributed by atoms with Crippen molar-refractivity contribution in [3.05, 3.63) is 0 Å². The number of rotatable bonds is 12. The quantitative estimate of drug-likeness (QED) is 0.434. The van der Waals surface area contributed by atoms with E-state index in [0.29, 0.717) is 6.42 Å². The number of aliphatic carboxylic acids is 1. The number of carboxylic acid groups (broad SMARTS) is 1. The Morgan fingerprint density at radius 1 is 0.800 bits per heavy atom. The van der Waals surface area contributed by atoms with Crippen LogP contribution in [0.4, 0.5) is 0 Å². The van der Waals surface area contributed by atoms with Gasteiger partial charge in [0.1, 0.15) is 0 Å². The molecule has 3 nitrogen and oxygen atoms in total. The normalized spacial score (nSPS) is 9.35. The van der Waals surface area contributed by atoms with Gasteiger partial charge in [0.25, 0.3) is 0 Å². The summed E-state index contributed by atoms with van der Waals surface area (Å²) in [5.74, 6) is -0.657. The maximum atomic E-state index is 10.3. The molecule has 0 aromatic heterocycles. The van der Waals surface area contributed by atoms with E-state index in [4.69, 9.17) is 10.2 Å². The van der Waals surface area contributed by atoms with Crippen molar-refractivity contribution in [3.63, 3.8) is 0 Å². The Balaban J connectivity index is -0.000000657. The molecule has 116 valence electrons. The van der Waals surface area contributed by atoms with Crippen LogP contribution in [0.25, 0.3) is 0 Å². The van der Waals surface area contributed by atoms with Crippen LogP contribution < -0.4 is 34.7 Å². The maximum Gasteiger partial charge on any atom is 1.00 e. The number of unbranched alkanes of at least 4 members (excludes halogenated alkanes) is 10. The van der Waals surface area contributed by atoms with Gasteiger partial charge in [-0.05, 0) is 6.42 Å². The monoisotopic (exact) mass is 296 g/mol. The van der Waals surface area contributed by atoms with Crippen LogP contribution >= 0.6 is 0 Å². The number of hydrogen-bond donors (Lipinski definition) is 1. The largest absolute Gasteiger partial charge is 1.00 e. The van der Waals surface area contributed by atoms with Crippen molar-refractivity contribution in [2.24, 2.45) is 0 Å². The first-order valence-electron chi connectivity index (χ1n) is 7.98. The Bertz CT molecular complexity index is 175. The van der Waals surface area contributed by atoms with Crippen LogP contribution in [0.15, 0.2) is 0 Å². The Morgan fingerprint density at radius 2 is 1.10 bits per heavy atom. The molecule has 0 spiro atoms. The van der Waals surface area contributed by atoms with Gasteiger partial charge in [0.15, 0.2) is 0 Å². The molecular weight excluding hydrogens is 263 g/mol. The van der Waals surface area contributed by atoms with Gasteiger partial charge in [-0.2, -0.15) is 0 Å². The van der Waals surface area contributed by atoms with Crippen LogP contribution in [0.1, 0.15) is 90.9 Å². The van der Waals surface area contributed by atoms with Crippen molar-refractivity contribution in [1.82, 2.24) is 0 Å². The third kappa shape index (κ3) is 31.0. The van der Waals surface area contributed by atoms with E-state index in [1.165, 1.54) is 57.8 Å². The summed E-state index contributed by atoms with van der Waals surface area (Å²) in [4.78, 5) is 10.3. The van der Waals surface area contributed by atoms with Gasteiger partial charge in [0.2, 0.25) is 0 Å². The number of carboxylic acids is 1. The van der Waals surface area contributed by atoms with Crippen molar-refractivity contribution in [2.75, 3.05) is 6.61 Å². The topological polar surface area (TPSA) is 60.4 Å². The maximum absolute atomic E-state index is 10.3. The van der Waals surface area contributed by atoms with E-state index in [-0.39, 0.29) is 36.2 Å². The zero-order valence-corrected chi connectivity index (χ0v) is 16.0. The molecule has 0 heterocycles. The molecule has 0 radical (unpaired) electrons. The average molecular weight is 296 g/mol. The summed E-state index contributed by atoms with van der Waals surface area (Å²) in [5, 5.41) is 17.4. The molecule has 0 saturated carbocycles. The fraction of sp³-hybridized carbons (Fsp3) is 0.938. The zero-order valence-electron chi connectivity index (χ0n) is 14.0. The smallest absolute Gasteiger partial charge is 0.855 e. The van der Waals surface area contributed by atoms with Crippen LogP contribution in [0.3, 0.4) is 0 Å². The van der Waals surface area contributed by atoms with Gasteiger partial charge in [-0.25, -0.2) is 0 Å². The van der Waals surface area contributed by atoms with Gasteiger partial charge in [-0.1, -0.05) is 78.1 Å². The van der Waals surface area contributed by atoms with E-state index in [1.54, 1.807) is 6.92 Å². The first-order valence-corrected chi connectivity index (χ1v) is 7.98. The molecule has 0 fully saturated rings. The predicted octanol–water partition coefficient (Wildman–Crippen LogP) is 1.14. The Morgan fingerprint density at radius 3 is 1.40 bits per heavy atom. The molecule has 20 heavy (non-hydrogen) atoms. The molecule has 0 rings (SSSR count). The van der Waals surface area contributed by atoms with E-state index < -0.39 is 5.97 Å². The fourth-order valence-electron chi connectivity index (χ4n) is 1.94. The third-order valence-electron chi connectivity index (χ3n) is 2.99. The summed E-state index contributed by atoms with van der Waals surface area (Å²) in [5.41, 5.74) is 0. The second-order valence-corrected chi connectivity index (χ2v) is 4.97. The summed E-state index contributed by atoms with van der Waals surface area (Å²) in [6.07, 6.45) is 14.4. The van der Waals surface area contributed by atoms with Crippen molar-refractivity contribution >= 4 is 5.97 Å². The molecule has 0 amide bonds. The average Bonchev–Trinajstić information content (AvgIpc) is 2.36. The fourth-order valence-corrected chi connectivity index (χ4v) is 1.94. The molecule has 0 aromatic carbocycles. The van der Waals surface area contributed by atoms with Crippen molar-refractivity contribution in [2.45, 2.75) is 90.9 Å². The molecule has 1 N–H and O–H groups in total. The van der Waals surface area contributed by atoms with Gasteiger partial charge in [-0.3, -0.25) is 4.79 Å². The SMILES string of the molecule is CCCCCCCCCCCCCC(=O)O.CC[O-].[Na+]. The molecule has 0 aliphatic carbocycles. The van der Waals surface area contributed by atoms with Gasteiger partial charge in [0.05, 0.1) is 0 Å². The Hall–Kier alpha value is 0.430. The molecule has 0 aliphatic heterocycles. The molecule has 0 saturated heterocycles. The second-order valence-electron chi connectivity index (χ2n) is 4.97. The molecule has 4 heteroatoms. The van der Waals surface area contributed by atoms with Gasteiger partial charge in [0, 0.05) is 6.42 Å². The molecule has 0 aromatic rings. The van der Waals surface area contributed by atoms with E-state index >= 15 is 0 Å². The van der Waals surface area contributed by atoms with Crippen LogP contribution in [0.2, 0.25) is 0 Å². The minimum atomic E-state index is -0.657. The molecular formula is C16H33NaO3. The summed E-state index contributed by atoms with van der Waals surface area (Å²) >= 11 is 0. The van der Waals surface area contributed by atoms with Crippen molar-refractivity contribution < 1.29 is 44.6 Å². The third-order valence-corrected chi connectivity index (χ3v) is 2.99.